The molecule has 2 aromatic heterocycles. The van der Waals surface area contributed by atoms with Crippen molar-refractivity contribution >= 4 is 66.6 Å². The molecule has 0 saturated carbocycles. The number of aromatic nitrogens is 2. The largest absolute Gasteiger partial charge is 0.302 e. The molecule has 4 aromatic rings. The first-order valence-corrected chi connectivity index (χ1v) is 11.9. The number of carbonyl (C=O) groups is 1. The van der Waals surface area contributed by atoms with Crippen LogP contribution in [-0.2, 0) is 0 Å². The van der Waals surface area contributed by atoms with E-state index in [0.717, 1.165) is 45.2 Å². The van der Waals surface area contributed by atoms with Crippen LogP contribution in [0.5, 0.6) is 0 Å². The van der Waals surface area contributed by atoms with E-state index < -0.39 is 0 Å². The fourth-order valence-corrected chi connectivity index (χ4v) is 5.58. The predicted octanol–water partition coefficient (Wildman–Crippen LogP) is 5.93. The van der Waals surface area contributed by atoms with Gasteiger partial charge in [0.05, 0.1) is 20.4 Å². The maximum absolute atomic E-state index is 13.6. The number of aryl methyl sites for hydroxylation is 2. The lowest BCUT2D eigenvalue weighted by Gasteiger charge is -2.24. The third-order valence-electron chi connectivity index (χ3n) is 5.30. The summed E-state index contributed by atoms with van der Waals surface area (Å²) in [4.78, 5) is 27.1. The topological polar surface area (TPSA) is 49.3 Å². The van der Waals surface area contributed by atoms with Gasteiger partial charge in [0.2, 0.25) is 0 Å². The molecule has 5 nitrogen and oxygen atoms in total. The number of halogens is 1. The van der Waals surface area contributed by atoms with E-state index in [9.17, 15) is 4.79 Å². The number of likely N-dealkylation sites (N-methyl/N-ethyl adjacent to an activating group) is 1. The van der Waals surface area contributed by atoms with E-state index in [1.54, 1.807) is 11.3 Å². The van der Waals surface area contributed by atoms with Crippen molar-refractivity contribution in [3.05, 3.63) is 52.5 Å². The Bertz CT molecular complexity index is 1170. The number of benzene rings is 2. The smallest absolute Gasteiger partial charge is 0.289 e. The maximum Gasteiger partial charge on any atom is 0.289 e. The fraction of sp³-hybridized carbons (Fsp3) is 0.348. The van der Waals surface area contributed by atoms with Gasteiger partial charge in [0.1, 0.15) is 0 Å². The van der Waals surface area contributed by atoms with Gasteiger partial charge in [0.25, 0.3) is 5.91 Å². The Hall–Kier alpha value is -2.06. The number of anilines is 1. The normalized spacial score (nSPS) is 11.3. The highest BCUT2D eigenvalue weighted by Gasteiger charge is 2.25. The zero-order valence-corrected chi connectivity index (χ0v) is 20.7. The van der Waals surface area contributed by atoms with Crippen molar-refractivity contribution in [1.82, 2.24) is 14.9 Å². The van der Waals surface area contributed by atoms with E-state index >= 15 is 0 Å². The van der Waals surface area contributed by atoms with Crippen molar-refractivity contribution in [3.8, 4) is 0 Å². The fourth-order valence-electron chi connectivity index (χ4n) is 3.62. The monoisotopic (exact) mass is 474 g/mol. The summed E-state index contributed by atoms with van der Waals surface area (Å²) in [6.45, 7) is 11.8. The van der Waals surface area contributed by atoms with Gasteiger partial charge in [-0.15, -0.1) is 23.7 Å². The molecular weight excluding hydrogens is 448 g/mol. The van der Waals surface area contributed by atoms with E-state index in [-0.39, 0.29) is 18.3 Å². The Balaban J connectivity index is 0.00000272. The first-order chi connectivity index (χ1) is 14.5. The van der Waals surface area contributed by atoms with Gasteiger partial charge in [-0.25, -0.2) is 9.97 Å². The molecule has 0 aliphatic rings. The Morgan fingerprint density at radius 3 is 2.42 bits per heavy atom. The molecule has 1 amide bonds. The summed E-state index contributed by atoms with van der Waals surface area (Å²) in [7, 11) is 0. The van der Waals surface area contributed by atoms with Gasteiger partial charge < -0.3 is 4.90 Å². The predicted molar refractivity (Wildman–Crippen MR) is 135 cm³/mol. The second-order valence-corrected chi connectivity index (χ2v) is 9.41. The average Bonchev–Trinajstić information content (AvgIpc) is 3.35. The molecule has 164 valence electrons. The number of hydrogen-bond acceptors (Lipinski definition) is 6. The summed E-state index contributed by atoms with van der Waals surface area (Å²) in [6, 6.07) is 12.1. The van der Waals surface area contributed by atoms with Gasteiger partial charge in [0, 0.05) is 13.1 Å². The van der Waals surface area contributed by atoms with E-state index in [1.807, 2.05) is 29.2 Å². The highest BCUT2D eigenvalue weighted by molar-refractivity contribution is 7.23. The molecule has 0 fully saturated rings. The number of fused-ring (bicyclic) bond motifs is 2. The number of hydrogen-bond donors (Lipinski definition) is 0. The quantitative estimate of drug-likeness (QED) is 0.333. The number of carbonyl (C=O) groups excluding carboxylic acids is 1. The minimum Gasteiger partial charge on any atom is -0.302 e. The third kappa shape index (κ3) is 4.90. The van der Waals surface area contributed by atoms with E-state index in [4.69, 9.17) is 4.98 Å². The molecule has 0 radical (unpaired) electrons. The summed E-state index contributed by atoms with van der Waals surface area (Å²) in [5, 5.41) is 1.26. The molecule has 2 heterocycles. The Labute approximate surface area is 197 Å². The Morgan fingerprint density at radius 1 is 0.968 bits per heavy atom. The van der Waals surface area contributed by atoms with Gasteiger partial charge in [-0.05, 0) is 56.3 Å². The van der Waals surface area contributed by atoms with Crippen LogP contribution >= 0.6 is 35.1 Å². The molecule has 0 aliphatic carbocycles. The molecule has 4 rings (SSSR count). The van der Waals surface area contributed by atoms with E-state index in [0.29, 0.717) is 11.6 Å². The molecule has 8 heteroatoms. The summed E-state index contributed by atoms with van der Waals surface area (Å²) in [5.74, 6) is -0.0724. The molecule has 2 aromatic carbocycles. The van der Waals surface area contributed by atoms with Crippen LogP contribution in [0.1, 0.15) is 34.8 Å². The lowest BCUT2D eigenvalue weighted by Crippen LogP contribution is -2.38. The Kier molecular flexibility index (Phi) is 7.64. The minimum absolute atomic E-state index is 0. The van der Waals surface area contributed by atoms with Crippen LogP contribution in [0.15, 0.2) is 36.4 Å². The van der Waals surface area contributed by atoms with E-state index in [2.05, 4.69) is 49.7 Å². The number of para-hydroxylation sites is 1. The standard InChI is InChI=1S/C23H26N4OS2.ClH/c1-5-26(6-2)11-12-27(22(28)21-24-17-9-7-8-10-19(17)29-21)23-25-18-14-15(3)13-16(4)20(18)30-23;/h7-10,13-14H,5-6,11-12H2,1-4H3;1H. The molecule has 0 spiro atoms. The molecular formula is C23H27ClN4OS2. The molecule has 0 bridgehead atoms. The van der Waals surface area contributed by atoms with E-state index in [1.165, 1.54) is 22.5 Å². The average molecular weight is 475 g/mol. The van der Waals surface area contributed by atoms with Crippen LogP contribution in [0.3, 0.4) is 0 Å². The molecule has 0 atom stereocenters. The lowest BCUT2D eigenvalue weighted by atomic mass is 10.1. The zero-order valence-electron chi connectivity index (χ0n) is 18.2. The maximum atomic E-state index is 13.6. The van der Waals surface area contributed by atoms with Crippen molar-refractivity contribution in [2.24, 2.45) is 0 Å². The third-order valence-corrected chi connectivity index (χ3v) is 7.55. The van der Waals surface area contributed by atoms with Gasteiger partial charge in [-0.3, -0.25) is 9.69 Å². The van der Waals surface area contributed by atoms with Gasteiger partial charge in [0.15, 0.2) is 10.1 Å². The van der Waals surface area contributed by atoms with Crippen molar-refractivity contribution in [2.75, 3.05) is 31.1 Å². The number of amides is 1. The minimum atomic E-state index is -0.0724. The van der Waals surface area contributed by atoms with Gasteiger partial charge in [-0.1, -0.05) is 43.4 Å². The lowest BCUT2D eigenvalue weighted by molar-refractivity contribution is 0.0983. The summed E-state index contributed by atoms with van der Waals surface area (Å²) >= 11 is 3.04. The van der Waals surface area contributed by atoms with Crippen LogP contribution < -0.4 is 4.90 Å². The summed E-state index contributed by atoms with van der Waals surface area (Å²) in [5.41, 5.74) is 4.21. The molecule has 0 saturated heterocycles. The van der Waals surface area contributed by atoms with Crippen LogP contribution in [0.4, 0.5) is 5.13 Å². The second-order valence-electron chi connectivity index (χ2n) is 7.40. The van der Waals surface area contributed by atoms with Gasteiger partial charge >= 0.3 is 0 Å². The summed E-state index contributed by atoms with van der Waals surface area (Å²) < 4.78 is 2.17. The van der Waals surface area contributed by atoms with Crippen LogP contribution in [-0.4, -0.2) is 47.0 Å². The molecule has 0 unspecified atom stereocenters. The number of thiazole rings is 2. The number of rotatable bonds is 7. The number of nitrogens with zero attached hydrogens (tertiary/aromatic N) is 4. The van der Waals surface area contributed by atoms with Gasteiger partial charge in [-0.2, -0.15) is 0 Å². The zero-order chi connectivity index (χ0) is 21.3. The second kappa shape index (κ2) is 10.0. The van der Waals surface area contributed by atoms with Crippen LogP contribution in [0.25, 0.3) is 20.4 Å². The highest BCUT2D eigenvalue weighted by Crippen LogP contribution is 2.33. The van der Waals surface area contributed by atoms with Crippen molar-refractivity contribution in [3.63, 3.8) is 0 Å². The SMILES string of the molecule is CCN(CC)CCN(C(=O)c1nc2ccccc2s1)c1nc2cc(C)cc(C)c2s1.Cl. The first-order valence-electron chi connectivity index (χ1n) is 10.3. The summed E-state index contributed by atoms with van der Waals surface area (Å²) in [6.07, 6.45) is 0. The molecule has 31 heavy (non-hydrogen) atoms. The molecule has 0 N–H and O–H groups in total. The first kappa shape index (κ1) is 23.6. The Morgan fingerprint density at radius 2 is 1.71 bits per heavy atom. The van der Waals surface area contributed by atoms with Crippen molar-refractivity contribution < 1.29 is 4.79 Å². The van der Waals surface area contributed by atoms with Crippen molar-refractivity contribution in [2.45, 2.75) is 27.7 Å². The van der Waals surface area contributed by atoms with Crippen LogP contribution in [0, 0.1) is 13.8 Å². The van der Waals surface area contributed by atoms with Crippen molar-refractivity contribution in [1.29, 1.82) is 0 Å². The molecule has 0 aliphatic heterocycles. The highest BCUT2D eigenvalue weighted by atomic mass is 35.5. The van der Waals surface area contributed by atoms with Crippen LogP contribution in [0.2, 0.25) is 0 Å².